The Morgan fingerprint density at radius 2 is 1.79 bits per heavy atom. The summed E-state index contributed by atoms with van der Waals surface area (Å²) in [6.45, 7) is 0. The second-order valence-corrected chi connectivity index (χ2v) is 3.69. The molecule has 0 aliphatic carbocycles. The van der Waals surface area contributed by atoms with E-state index < -0.39 is 4.92 Å². The molecule has 0 fully saturated rings. The van der Waals surface area contributed by atoms with E-state index in [0.29, 0.717) is 17.2 Å². The molecule has 0 bridgehead atoms. The van der Waals surface area contributed by atoms with Crippen LogP contribution in [0.15, 0.2) is 42.5 Å². The molecule has 2 aromatic rings. The molecule has 6 nitrogen and oxygen atoms in total. The lowest BCUT2D eigenvalue weighted by Gasteiger charge is -2.10. The molecule has 0 heterocycles. The molecule has 2 aromatic carbocycles. The monoisotopic (exact) mass is 261 g/mol. The topological polar surface area (TPSA) is 81.8 Å². The molecule has 6 heteroatoms. The fraction of sp³-hybridized carbons (Fsp3) is 0.0769. The van der Waals surface area contributed by atoms with Gasteiger partial charge >= 0.3 is 0 Å². The number of nitro groups is 1. The minimum Gasteiger partial charge on any atom is -0.508 e. The molecular weight excluding hydrogens is 250 g/mol. The van der Waals surface area contributed by atoms with E-state index in [4.69, 9.17) is 9.47 Å². The quantitative estimate of drug-likeness (QED) is 0.675. The number of hydrogen-bond donors (Lipinski definition) is 1. The minimum atomic E-state index is -0.487. The van der Waals surface area contributed by atoms with Gasteiger partial charge in [0.25, 0.3) is 5.69 Å². The lowest BCUT2D eigenvalue weighted by Crippen LogP contribution is -1.91. The van der Waals surface area contributed by atoms with Crippen LogP contribution in [-0.4, -0.2) is 17.1 Å². The summed E-state index contributed by atoms with van der Waals surface area (Å²) < 4.78 is 10.6. The molecule has 19 heavy (non-hydrogen) atoms. The van der Waals surface area contributed by atoms with Gasteiger partial charge in [-0.25, -0.2) is 0 Å². The summed E-state index contributed by atoms with van der Waals surface area (Å²) in [7, 11) is 1.48. The van der Waals surface area contributed by atoms with Gasteiger partial charge in [-0.3, -0.25) is 10.1 Å². The van der Waals surface area contributed by atoms with Gasteiger partial charge < -0.3 is 14.6 Å². The van der Waals surface area contributed by atoms with Gasteiger partial charge in [0.05, 0.1) is 12.0 Å². The predicted octanol–water partition coefficient (Wildman–Crippen LogP) is 3.10. The molecule has 0 aromatic heterocycles. The zero-order valence-corrected chi connectivity index (χ0v) is 10.1. The number of rotatable bonds is 4. The number of ether oxygens (including phenoxy) is 2. The normalized spacial score (nSPS) is 9.95. The lowest BCUT2D eigenvalue weighted by atomic mass is 10.3. The number of non-ortho nitro benzene ring substituents is 1. The van der Waals surface area contributed by atoms with Gasteiger partial charge in [-0.1, -0.05) is 0 Å². The highest BCUT2D eigenvalue weighted by molar-refractivity contribution is 5.48. The summed E-state index contributed by atoms with van der Waals surface area (Å²) in [6, 6.07) is 10.1. The van der Waals surface area contributed by atoms with Gasteiger partial charge in [0, 0.05) is 18.2 Å². The first-order chi connectivity index (χ1) is 9.10. The number of nitrogens with zero attached hydrogens (tertiary/aromatic N) is 1. The van der Waals surface area contributed by atoms with Crippen molar-refractivity contribution in [2.75, 3.05) is 7.11 Å². The molecule has 0 atom stereocenters. The smallest absolute Gasteiger partial charge is 0.269 e. The van der Waals surface area contributed by atoms with Crippen LogP contribution in [0.2, 0.25) is 0 Å². The van der Waals surface area contributed by atoms with E-state index >= 15 is 0 Å². The van der Waals surface area contributed by atoms with Crippen LogP contribution in [0, 0.1) is 10.1 Å². The summed E-state index contributed by atoms with van der Waals surface area (Å²) in [5, 5.41) is 19.9. The average molecular weight is 261 g/mol. The molecule has 0 aliphatic rings. The maximum Gasteiger partial charge on any atom is 0.269 e. The molecule has 98 valence electrons. The Hall–Kier alpha value is -2.76. The van der Waals surface area contributed by atoms with E-state index in [1.807, 2.05) is 0 Å². The molecule has 0 aliphatic heterocycles. The Morgan fingerprint density at radius 1 is 1.11 bits per heavy atom. The van der Waals surface area contributed by atoms with Crippen molar-refractivity contribution >= 4 is 5.69 Å². The summed E-state index contributed by atoms with van der Waals surface area (Å²) in [4.78, 5) is 10.0. The van der Waals surface area contributed by atoms with Crippen molar-refractivity contribution in [2.24, 2.45) is 0 Å². The third kappa shape index (κ3) is 2.92. The van der Waals surface area contributed by atoms with Crippen molar-refractivity contribution in [1.29, 1.82) is 0 Å². The van der Waals surface area contributed by atoms with Crippen LogP contribution in [0.4, 0.5) is 5.69 Å². The van der Waals surface area contributed by atoms with Gasteiger partial charge in [0.15, 0.2) is 11.5 Å². The van der Waals surface area contributed by atoms with Crippen molar-refractivity contribution in [2.45, 2.75) is 0 Å². The first-order valence-electron chi connectivity index (χ1n) is 5.39. The van der Waals surface area contributed by atoms with E-state index in [-0.39, 0.29) is 11.4 Å². The van der Waals surface area contributed by atoms with Crippen molar-refractivity contribution in [1.82, 2.24) is 0 Å². The van der Waals surface area contributed by atoms with E-state index in [2.05, 4.69) is 0 Å². The number of hydrogen-bond acceptors (Lipinski definition) is 5. The largest absolute Gasteiger partial charge is 0.508 e. The molecule has 0 amide bonds. The van der Waals surface area contributed by atoms with Gasteiger partial charge in [0.1, 0.15) is 11.5 Å². The molecule has 0 saturated carbocycles. The van der Waals surface area contributed by atoms with Gasteiger partial charge in [0.2, 0.25) is 0 Å². The van der Waals surface area contributed by atoms with Crippen LogP contribution in [0.3, 0.4) is 0 Å². The Morgan fingerprint density at radius 3 is 2.37 bits per heavy atom. The van der Waals surface area contributed by atoms with Gasteiger partial charge in [-0.15, -0.1) is 0 Å². The van der Waals surface area contributed by atoms with E-state index in [9.17, 15) is 15.2 Å². The number of nitro benzene ring substituents is 1. The summed E-state index contributed by atoms with van der Waals surface area (Å²) in [5.74, 6) is 1.24. The van der Waals surface area contributed by atoms with E-state index in [1.54, 1.807) is 6.07 Å². The second-order valence-electron chi connectivity index (χ2n) is 3.69. The van der Waals surface area contributed by atoms with Crippen molar-refractivity contribution in [3.63, 3.8) is 0 Å². The number of phenolic OH excluding ortho intramolecular Hbond substituents is 1. The summed E-state index contributed by atoms with van der Waals surface area (Å²) in [6.07, 6.45) is 0. The Labute approximate surface area is 109 Å². The zero-order valence-electron chi connectivity index (χ0n) is 10.1. The average Bonchev–Trinajstić information content (AvgIpc) is 2.39. The molecule has 0 saturated heterocycles. The molecule has 0 spiro atoms. The zero-order chi connectivity index (χ0) is 13.8. The minimum absolute atomic E-state index is 0.0183. The molecular formula is C13H11NO5. The first kappa shape index (κ1) is 12.7. The first-order valence-corrected chi connectivity index (χ1v) is 5.39. The number of benzene rings is 2. The molecule has 0 unspecified atom stereocenters. The fourth-order valence-corrected chi connectivity index (χ4v) is 1.51. The van der Waals surface area contributed by atoms with Crippen LogP contribution in [0.25, 0.3) is 0 Å². The summed E-state index contributed by atoms with van der Waals surface area (Å²) in [5.41, 5.74) is -0.0183. The van der Waals surface area contributed by atoms with Crippen LogP contribution in [0.1, 0.15) is 0 Å². The second kappa shape index (κ2) is 5.26. The predicted molar refractivity (Wildman–Crippen MR) is 67.8 cm³/mol. The van der Waals surface area contributed by atoms with E-state index in [0.717, 1.165) is 0 Å². The van der Waals surface area contributed by atoms with Crippen LogP contribution >= 0.6 is 0 Å². The third-order valence-electron chi connectivity index (χ3n) is 2.42. The standard InChI is InChI=1S/C13H11NO5/c1-18-12-7-4-10(15)8-13(12)19-11-5-2-9(3-6-11)14(16)17/h2-8,15H,1H3. The lowest BCUT2D eigenvalue weighted by molar-refractivity contribution is -0.384. The molecule has 0 radical (unpaired) electrons. The molecule has 2 rings (SSSR count). The molecule has 1 N–H and O–H groups in total. The van der Waals surface area contributed by atoms with E-state index in [1.165, 1.54) is 43.5 Å². The van der Waals surface area contributed by atoms with Gasteiger partial charge in [-0.05, 0) is 24.3 Å². The SMILES string of the molecule is COc1ccc(O)cc1Oc1ccc([N+](=O)[O-])cc1. The van der Waals surface area contributed by atoms with Crippen molar-refractivity contribution in [3.8, 4) is 23.0 Å². The van der Waals surface area contributed by atoms with Crippen molar-refractivity contribution in [3.05, 3.63) is 52.6 Å². The summed E-state index contributed by atoms with van der Waals surface area (Å²) >= 11 is 0. The fourth-order valence-electron chi connectivity index (χ4n) is 1.51. The highest BCUT2D eigenvalue weighted by Crippen LogP contribution is 2.34. The number of aromatic hydroxyl groups is 1. The third-order valence-corrected chi connectivity index (χ3v) is 2.42. The number of phenols is 1. The highest BCUT2D eigenvalue weighted by Gasteiger charge is 2.09. The van der Waals surface area contributed by atoms with Crippen LogP contribution in [-0.2, 0) is 0 Å². The van der Waals surface area contributed by atoms with Gasteiger partial charge in [-0.2, -0.15) is 0 Å². The van der Waals surface area contributed by atoms with Crippen molar-refractivity contribution < 1.29 is 19.5 Å². The Bertz CT molecular complexity index is 594. The number of methoxy groups -OCH3 is 1. The highest BCUT2D eigenvalue weighted by atomic mass is 16.6. The Kier molecular flexibility index (Phi) is 3.51. The maximum atomic E-state index is 10.5. The van der Waals surface area contributed by atoms with Crippen LogP contribution < -0.4 is 9.47 Å². The Balaban J connectivity index is 2.25. The maximum absolute atomic E-state index is 10.5. The van der Waals surface area contributed by atoms with Crippen LogP contribution in [0.5, 0.6) is 23.0 Å².